The molecular weight excluding hydrogens is 130 g/mol. The minimum atomic E-state index is 0.150. The Morgan fingerprint density at radius 2 is 2.40 bits per heavy atom. The summed E-state index contributed by atoms with van der Waals surface area (Å²) < 4.78 is 0. The monoisotopic (exact) mass is 141 g/mol. The van der Waals surface area contributed by atoms with E-state index in [4.69, 9.17) is 0 Å². The maximum absolute atomic E-state index is 11.0. The molecule has 0 aromatic rings. The molecule has 56 valence electrons. The molecule has 1 amide bonds. The first-order valence-corrected chi connectivity index (χ1v) is 3.42. The lowest BCUT2D eigenvalue weighted by Crippen LogP contribution is -2.44. The number of amides is 1. The van der Waals surface area contributed by atoms with Gasteiger partial charge in [-0.3, -0.25) is 14.6 Å². The van der Waals surface area contributed by atoms with Crippen LogP contribution in [0.5, 0.6) is 0 Å². The maximum Gasteiger partial charge on any atom is 0.241 e. The molecule has 2 rings (SSSR count). The molecule has 2 saturated heterocycles. The van der Waals surface area contributed by atoms with Crippen molar-refractivity contribution >= 4 is 5.91 Å². The van der Waals surface area contributed by atoms with Gasteiger partial charge in [0, 0.05) is 6.54 Å². The van der Waals surface area contributed by atoms with Crippen LogP contribution >= 0.6 is 0 Å². The predicted molar refractivity (Wildman–Crippen MR) is 36.1 cm³/mol. The summed E-state index contributed by atoms with van der Waals surface area (Å²) in [5, 5.41) is 2.87. The van der Waals surface area contributed by atoms with Gasteiger partial charge in [0.1, 0.15) is 12.3 Å². The van der Waals surface area contributed by atoms with Crippen molar-refractivity contribution in [1.82, 2.24) is 15.1 Å². The van der Waals surface area contributed by atoms with E-state index in [0.29, 0.717) is 0 Å². The Bertz CT molecular complexity index is 180. The standard InChI is InChI=1S/C6H11N3O/c1-8(2)6-7-5(10)4-3-9(4)6/h4,6H,3H2,1-2H3,(H,7,10). The molecule has 2 heterocycles. The van der Waals surface area contributed by atoms with Crippen LogP contribution < -0.4 is 5.32 Å². The quantitative estimate of drug-likeness (QED) is 0.458. The highest BCUT2D eigenvalue weighted by atomic mass is 16.2. The minimum absolute atomic E-state index is 0.150. The zero-order chi connectivity index (χ0) is 7.30. The predicted octanol–water partition coefficient (Wildman–Crippen LogP) is -1.35. The summed E-state index contributed by atoms with van der Waals surface area (Å²) in [6.45, 7) is 0.939. The van der Waals surface area contributed by atoms with Crippen molar-refractivity contribution in [3.05, 3.63) is 0 Å². The summed E-state index contributed by atoms with van der Waals surface area (Å²) >= 11 is 0. The number of hydrogen-bond acceptors (Lipinski definition) is 3. The van der Waals surface area contributed by atoms with Gasteiger partial charge in [0.2, 0.25) is 5.91 Å². The molecule has 0 spiro atoms. The summed E-state index contributed by atoms with van der Waals surface area (Å²) in [4.78, 5) is 15.1. The summed E-state index contributed by atoms with van der Waals surface area (Å²) in [5.74, 6) is 0.179. The molecule has 0 bridgehead atoms. The fourth-order valence-electron chi connectivity index (χ4n) is 1.39. The van der Waals surface area contributed by atoms with Gasteiger partial charge < -0.3 is 5.32 Å². The second-order valence-electron chi connectivity index (χ2n) is 3.06. The van der Waals surface area contributed by atoms with Crippen LogP contribution in [-0.2, 0) is 4.79 Å². The Kier molecular flexibility index (Phi) is 1.04. The van der Waals surface area contributed by atoms with Gasteiger partial charge in [-0.15, -0.1) is 0 Å². The molecule has 0 aromatic heterocycles. The van der Waals surface area contributed by atoms with E-state index < -0.39 is 0 Å². The van der Waals surface area contributed by atoms with Gasteiger partial charge >= 0.3 is 0 Å². The Morgan fingerprint density at radius 3 is 2.60 bits per heavy atom. The Hall–Kier alpha value is -0.610. The Balaban J connectivity index is 2.08. The van der Waals surface area contributed by atoms with E-state index in [1.54, 1.807) is 0 Å². The normalized spacial score (nSPS) is 43.5. The zero-order valence-electron chi connectivity index (χ0n) is 6.16. The van der Waals surface area contributed by atoms with E-state index >= 15 is 0 Å². The van der Waals surface area contributed by atoms with Gasteiger partial charge in [0.05, 0.1) is 0 Å². The fraction of sp³-hybridized carbons (Fsp3) is 0.833. The maximum atomic E-state index is 11.0. The highest BCUT2D eigenvalue weighted by Gasteiger charge is 2.52. The average Bonchev–Trinajstić information content (AvgIpc) is 2.55. The van der Waals surface area contributed by atoms with Crippen molar-refractivity contribution in [3.8, 4) is 0 Å². The Morgan fingerprint density at radius 1 is 1.70 bits per heavy atom. The third-order valence-electron chi connectivity index (χ3n) is 2.03. The van der Waals surface area contributed by atoms with Crippen LogP contribution in [0.4, 0.5) is 0 Å². The first-order chi connectivity index (χ1) is 4.70. The largest absolute Gasteiger partial charge is 0.326 e. The van der Waals surface area contributed by atoms with Gasteiger partial charge in [0.15, 0.2) is 0 Å². The summed E-state index contributed by atoms with van der Waals surface area (Å²) in [6.07, 6.45) is 0.150. The van der Waals surface area contributed by atoms with E-state index in [1.807, 2.05) is 19.0 Å². The molecule has 2 fully saturated rings. The molecular formula is C6H11N3O. The van der Waals surface area contributed by atoms with Gasteiger partial charge in [-0.25, -0.2) is 0 Å². The van der Waals surface area contributed by atoms with E-state index in [0.717, 1.165) is 6.54 Å². The minimum Gasteiger partial charge on any atom is -0.326 e. The lowest BCUT2D eigenvalue weighted by Gasteiger charge is -2.21. The first-order valence-electron chi connectivity index (χ1n) is 3.42. The SMILES string of the molecule is CN(C)C1NC(=O)C2CN21. The lowest BCUT2D eigenvalue weighted by atomic mass is 10.5. The van der Waals surface area contributed by atoms with Crippen molar-refractivity contribution < 1.29 is 4.79 Å². The van der Waals surface area contributed by atoms with Crippen LogP contribution in [0.1, 0.15) is 0 Å². The highest BCUT2D eigenvalue weighted by molar-refractivity contribution is 5.87. The van der Waals surface area contributed by atoms with Crippen molar-refractivity contribution in [3.63, 3.8) is 0 Å². The Labute approximate surface area is 59.8 Å². The topological polar surface area (TPSA) is 35.4 Å². The molecule has 0 aliphatic carbocycles. The average molecular weight is 141 g/mol. The van der Waals surface area contributed by atoms with E-state index in [-0.39, 0.29) is 18.2 Å². The van der Waals surface area contributed by atoms with E-state index in [9.17, 15) is 4.79 Å². The second-order valence-corrected chi connectivity index (χ2v) is 3.06. The third kappa shape index (κ3) is 0.660. The molecule has 2 aliphatic rings. The number of carbonyl (C=O) groups is 1. The highest BCUT2D eigenvalue weighted by Crippen LogP contribution is 2.26. The lowest BCUT2D eigenvalue weighted by molar-refractivity contribution is -0.120. The van der Waals surface area contributed by atoms with Gasteiger partial charge in [-0.05, 0) is 14.1 Å². The fourth-order valence-corrected chi connectivity index (χ4v) is 1.39. The van der Waals surface area contributed by atoms with Gasteiger partial charge in [0.25, 0.3) is 0 Å². The van der Waals surface area contributed by atoms with Crippen LogP contribution in [0.15, 0.2) is 0 Å². The molecule has 1 N–H and O–H groups in total. The molecule has 3 atom stereocenters. The first kappa shape index (κ1) is 6.12. The molecule has 0 radical (unpaired) electrons. The van der Waals surface area contributed by atoms with Crippen molar-refractivity contribution in [2.45, 2.75) is 12.3 Å². The van der Waals surface area contributed by atoms with Crippen LogP contribution in [0.3, 0.4) is 0 Å². The van der Waals surface area contributed by atoms with Crippen molar-refractivity contribution in [2.75, 3.05) is 20.6 Å². The van der Waals surface area contributed by atoms with Crippen LogP contribution in [-0.4, -0.2) is 48.7 Å². The number of rotatable bonds is 1. The van der Waals surface area contributed by atoms with Crippen LogP contribution in [0.25, 0.3) is 0 Å². The number of nitrogens with one attached hydrogen (secondary N) is 1. The summed E-state index contributed by atoms with van der Waals surface area (Å²) in [5.41, 5.74) is 0. The molecule has 10 heavy (non-hydrogen) atoms. The number of hydrogen-bond donors (Lipinski definition) is 1. The van der Waals surface area contributed by atoms with E-state index in [1.165, 1.54) is 0 Å². The molecule has 4 nitrogen and oxygen atoms in total. The van der Waals surface area contributed by atoms with Gasteiger partial charge in [-0.2, -0.15) is 0 Å². The summed E-state index contributed by atoms with van der Waals surface area (Å²) in [7, 11) is 3.93. The van der Waals surface area contributed by atoms with Crippen LogP contribution in [0.2, 0.25) is 0 Å². The van der Waals surface area contributed by atoms with E-state index in [2.05, 4.69) is 10.2 Å². The molecule has 4 heteroatoms. The molecule has 0 saturated carbocycles. The number of carbonyl (C=O) groups excluding carboxylic acids is 1. The van der Waals surface area contributed by atoms with Crippen molar-refractivity contribution in [1.29, 1.82) is 0 Å². The van der Waals surface area contributed by atoms with Crippen molar-refractivity contribution in [2.24, 2.45) is 0 Å². The number of fused-ring (bicyclic) bond motifs is 1. The second kappa shape index (κ2) is 1.71. The number of nitrogens with zero attached hydrogens (tertiary/aromatic N) is 2. The van der Waals surface area contributed by atoms with Crippen LogP contribution in [0, 0.1) is 0 Å². The zero-order valence-corrected chi connectivity index (χ0v) is 6.16. The summed E-state index contributed by atoms with van der Waals surface area (Å²) in [6, 6.07) is 0.187. The molecule has 3 unspecified atom stereocenters. The molecule has 2 aliphatic heterocycles. The molecule has 0 aromatic carbocycles. The third-order valence-corrected chi connectivity index (χ3v) is 2.03. The smallest absolute Gasteiger partial charge is 0.241 e. The van der Waals surface area contributed by atoms with Gasteiger partial charge in [-0.1, -0.05) is 0 Å².